The van der Waals surface area contributed by atoms with Crippen molar-refractivity contribution in [3.63, 3.8) is 0 Å². The molecule has 8 bridgehead atoms. The standard InChI is InChI=1S/C48H44N4O10.CHF3O3S.Ba.Ni/c53-45-33-9-5-17-41(45)59-25-21-57-23-27-61-43-19-7-11-35(47(43)55)31-51-39-15-3-4-16-40(39)52-32-36-12-8-20-44(48(36)56)62-28-24-58-22-26-60-42-18-6-10-34(46(42)54)30-50-38-14-2-1-13-37(38)49-29-33;2-1(3,4)8(5,6)7;;/h1-20,29-32,53-56H,21-28H2;(H,5,6,7);;/q;;2*+2. The molecule has 0 atom stereocenters. The summed E-state index contributed by atoms with van der Waals surface area (Å²) in [6, 6.07) is 34.8. The Labute approximate surface area is 462 Å². The molecule has 0 saturated carbocycles. The number of benzene rings is 6. The van der Waals surface area contributed by atoms with Crippen LogP contribution in [0.25, 0.3) is 0 Å². The van der Waals surface area contributed by atoms with E-state index in [9.17, 15) is 33.6 Å². The molecule has 0 fully saturated rings. The van der Waals surface area contributed by atoms with E-state index in [-0.39, 0.29) is 164 Å². The third kappa shape index (κ3) is 17.4. The third-order valence-electron chi connectivity index (χ3n) is 9.49. The smallest absolute Gasteiger partial charge is 0.504 e. The molecule has 6 aromatic carbocycles. The number of aromatic hydroxyl groups is 4. The molecule has 374 valence electrons. The minimum Gasteiger partial charge on any atom is -0.504 e. The molecular formula is C49H45BaF3N4NiO13S+4. The molecule has 6 aromatic rings. The van der Waals surface area contributed by atoms with Crippen LogP contribution in [-0.4, -0.2) is 165 Å². The molecule has 0 radical (unpaired) electrons. The molecule has 1 aliphatic heterocycles. The molecule has 23 heteroatoms. The van der Waals surface area contributed by atoms with E-state index in [1.807, 2.05) is 24.3 Å². The van der Waals surface area contributed by atoms with E-state index in [1.54, 1.807) is 97.1 Å². The molecule has 1 aliphatic rings. The molecule has 17 nitrogen and oxygen atoms in total. The van der Waals surface area contributed by atoms with E-state index < -0.39 is 15.6 Å². The Morgan fingerprint density at radius 3 is 0.833 bits per heavy atom. The molecule has 1 heterocycles. The van der Waals surface area contributed by atoms with Crippen molar-refractivity contribution in [1.82, 2.24) is 0 Å². The summed E-state index contributed by atoms with van der Waals surface area (Å²) in [5, 5.41) is 43.8. The zero-order valence-corrected chi connectivity index (χ0v) is 44.1. The topological polar surface area (TPSA) is 240 Å². The molecule has 0 spiro atoms. The molecule has 72 heavy (non-hydrogen) atoms. The monoisotopic (exact) mass is 1180 g/mol. The zero-order valence-electron chi connectivity index (χ0n) is 37.9. The predicted molar refractivity (Wildman–Crippen MR) is 261 cm³/mol. The van der Waals surface area contributed by atoms with Gasteiger partial charge >= 0.3 is 81.0 Å². The number of alkyl halides is 3. The minimum atomic E-state index is -5.84. The first-order valence-corrected chi connectivity index (χ1v) is 22.5. The second-order valence-electron chi connectivity index (χ2n) is 14.3. The van der Waals surface area contributed by atoms with Gasteiger partial charge in [0, 0.05) is 47.1 Å². The Hall–Kier alpha value is -5.92. The first-order valence-electron chi connectivity index (χ1n) is 21.0. The third-order valence-corrected chi connectivity index (χ3v) is 10.1. The minimum absolute atomic E-state index is 0. The first-order chi connectivity index (χ1) is 33.7. The Morgan fingerprint density at radius 2 is 0.625 bits per heavy atom. The van der Waals surface area contributed by atoms with Gasteiger partial charge in [0.15, 0.2) is 46.0 Å². The summed E-state index contributed by atoms with van der Waals surface area (Å²) in [7, 11) is -5.84. The van der Waals surface area contributed by atoms with Gasteiger partial charge in [0.2, 0.25) is 0 Å². The van der Waals surface area contributed by atoms with E-state index in [0.717, 1.165) is 0 Å². The van der Waals surface area contributed by atoms with Crippen molar-refractivity contribution in [3.05, 3.63) is 144 Å². The number of phenols is 4. The van der Waals surface area contributed by atoms with E-state index >= 15 is 0 Å². The molecule has 7 rings (SSSR count). The van der Waals surface area contributed by atoms with Crippen LogP contribution in [0.1, 0.15) is 22.3 Å². The molecule has 0 aromatic heterocycles. The summed E-state index contributed by atoms with van der Waals surface area (Å²) in [5.41, 5.74) is -1.68. The van der Waals surface area contributed by atoms with E-state index in [1.165, 1.54) is 24.9 Å². The number of phenolic OH excluding ortho intramolecular Hbond substituents is 4. The number of para-hydroxylation sites is 8. The van der Waals surface area contributed by atoms with Gasteiger partial charge in [0.05, 0.1) is 49.2 Å². The second-order valence-corrected chi connectivity index (χ2v) is 15.7. The van der Waals surface area contributed by atoms with Crippen LogP contribution < -0.4 is 18.9 Å². The fourth-order valence-electron chi connectivity index (χ4n) is 6.01. The van der Waals surface area contributed by atoms with E-state index in [0.29, 0.717) is 45.0 Å². The van der Waals surface area contributed by atoms with Gasteiger partial charge < -0.3 is 48.8 Å². The zero-order chi connectivity index (χ0) is 49.9. The predicted octanol–water partition coefficient (Wildman–Crippen LogP) is 8.78. The molecule has 0 amide bonds. The average molecular weight is 1180 g/mol. The van der Waals surface area contributed by atoms with Gasteiger partial charge in [-0.15, -0.1) is 0 Å². The molecule has 0 aliphatic carbocycles. The largest absolute Gasteiger partial charge is 2.00 e. The van der Waals surface area contributed by atoms with E-state index in [2.05, 4.69) is 20.0 Å². The van der Waals surface area contributed by atoms with Crippen LogP contribution in [0.4, 0.5) is 35.9 Å². The number of fused-ring (bicyclic) bond motifs is 10. The first kappa shape index (κ1) is 58.7. The van der Waals surface area contributed by atoms with Crippen molar-refractivity contribution in [2.75, 3.05) is 52.9 Å². The molecule has 0 unspecified atom stereocenters. The fraction of sp³-hybridized carbons (Fsp3) is 0.184. The van der Waals surface area contributed by atoms with Crippen molar-refractivity contribution in [3.8, 4) is 46.0 Å². The SMILES string of the molecule is O=S(=O)(O)C(F)(F)F.Oc1c2cccc1OCCOCCOc1cccc(c1O)C=Nc1ccccc1N=Cc1cccc(c1O)OCCOCCOc1cccc(c1O)C=Nc1ccccc1N=C2.[Ba+2].[Ni+2]. The second kappa shape index (κ2) is 29.0. The summed E-state index contributed by atoms with van der Waals surface area (Å²) in [6.07, 6.45) is 6.08. The van der Waals surface area contributed by atoms with E-state index in [4.69, 9.17) is 41.4 Å². The van der Waals surface area contributed by atoms with Crippen LogP contribution in [0.2, 0.25) is 0 Å². The number of aliphatic imine (C=N–C) groups is 4. The van der Waals surface area contributed by atoms with Crippen molar-refractivity contribution < 1.29 is 91.5 Å². The number of rotatable bonds is 0. The maximum atomic E-state index is 11.0. The quantitative estimate of drug-likeness (QED) is 0.0544. The number of ether oxygens (including phenoxy) is 6. The Morgan fingerprint density at radius 1 is 0.403 bits per heavy atom. The van der Waals surface area contributed by atoms with Gasteiger partial charge in [-0.25, -0.2) is 0 Å². The van der Waals surface area contributed by atoms with Crippen molar-refractivity contribution >= 4 is 107 Å². The van der Waals surface area contributed by atoms with Gasteiger partial charge in [-0.3, -0.25) is 24.5 Å². The Bertz CT molecular complexity index is 2620. The van der Waals surface area contributed by atoms with Crippen molar-refractivity contribution in [2.24, 2.45) is 20.0 Å². The summed E-state index contributed by atoms with van der Waals surface area (Å²) < 4.78 is 92.1. The Balaban J connectivity index is 0.00000104. The average Bonchev–Trinajstić information content (AvgIpc) is 3.33. The van der Waals surface area contributed by atoms with Gasteiger partial charge in [-0.1, -0.05) is 48.5 Å². The van der Waals surface area contributed by atoms with Crippen LogP contribution in [0, 0.1) is 0 Å². The molecule has 5 N–H and O–H groups in total. The van der Waals surface area contributed by atoms with Gasteiger partial charge in [0.25, 0.3) is 0 Å². The molecule has 0 saturated heterocycles. The van der Waals surface area contributed by atoms with Crippen LogP contribution >= 0.6 is 0 Å². The van der Waals surface area contributed by atoms with Gasteiger partial charge in [0.1, 0.15) is 26.4 Å². The van der Waals surface area contributed by atoms with Crippen molar-refractivity contribution in [1.29, 1.82) is 0 Å². The Kier molecular flexibility index (Phi) is 23.6. The number of hydrogen-bond donors (Lipinski definition) is 5. The maximum absolute atomic E-state index is 11.0. The summed E-state index contributed by atoms with van der Waals surface area (Å²) in [4.78, 5) is 18.3. The summed E-state index contributed by atoms with van der Waals surface area (Å²) >= 11 is 0. The fourth-order valence-corrected chi connectivity index (χ4v) is 6.01. The van der Waals surface area contributed by atoms with Crippen LogP contribution in [0.3, 0.4) is 0 Å². The van der Waals surface area contributed by atoms with Crippen molar-refractivity contribution in [2.45, 2.75) is 5.51 Å². The maximum Gasteiger partial charge on any atom is 2.00 e. The molecular weight excluding hydrogens is 1140 g/mol. The van der Waals surface area contributed by atoms with Crippen LogP contribution in [-0.2, 0) is 36.1 Å². The van der Waals surface area contributed by atoms with Crippen LogP contribution in [0.5, 0.6) is 46.0 Å². The van der Waals surface area contributed by atoms with Gasteiger partial charge in [-0.05, 0) is 72.8 Å². The number of nitrogens with zero attached hydrogens (tertiary/aromatic N) is 4. The van der Waals surface area contributed by atoms with Gasteiger partial charge in [-0.2, -0.15) is 21.6 Å². The number of halogens is 3. The summed E-state index contributed by atoms with van der Waals surface area (Å²) in [6.45, 7) is 1.48. The van der Waals surface area contributed by atoms with Crippen LogP contribution in [0.15, 0.2) is 141 Å². The summed E-state index contributed by atoms with van der Waals surface area (Å²) in [5.74, 6) is 0.722. The normalized spacial score (nSPS) is 13.9. The number of hydrogen-bond acceptors (Lipinski definition) is 16.